The minimum Gasteiger partial charge on any atom is -0.478 e. The maximum Gasteiger partial charge on any atom is 0.336 e. The van der Waals surface area contributed by atoms with E-state index >= 15 is 0 Å². The van der Waals surface area contributed by atoms with Gasteiger partial charge in [0.2, 0.25) is 0 Å². The summed E-state index contributed by atoms with van der Waals surface area (Å²) in [6.07, 6.45) is 0. The van der Waals surface area contributed by atoms with E-state index in [4.69, 9.17) is 10.2 Å². The van der Waals surface area contributed by atoms with Gasteiger partial charge in [-0.3, -0.25) is 0 Å². The molecule has 4 N–H and O–H groups in total. The zero-order valence-electron chi connectivity index (χ0n) is 8.34. The number of rotatable bonds is 3. The second-order valence-electron chi connectivity index (χ2n) is 3.36. The zero-order chi connectivity index (χ0) is 12.5. The molecule has 6 nitrogen and oxygen atoms in total. The molecule has 0 fully saturated rings. The van der Waals surface area contributed by atoms with Crippen molar-refractivity contribution in [1.82, 2.24) is 0 Å². The van der Waals surface area contributed by atoms with E-state index in [1.54, 1.807) is 0 Å². The van der Waals surface area contributed by atoms with Crippen LogP contribution in [0.5, 0.6) is 0 Å². The van der Waals surface area contributed by atoms with Crippen molar-refractivity contribution in [3.8, 4) is 0 Å². The van der Waals surface area contributed by atoms with E-state index in [-0.39, 0.29) is 0 Å². The Morgan fingerprint density at radius 3 is 1.69 bits per heavy atom. The number of hydrogen-bond acceptors (Lipinski definition) is 4. The largest absolute Gasteiger partial charge is 0.478 e. The fraction of sp³-hybridized carbons (Fsp3) is 0.200. The minimum atomic E-state index is -2.53. The van der Waals surface area contributed by atoms with Gasteiger partial charge >= 0.3 is 11.9 Å². The molecule has 0 amide bonds. The summed E-state index contributed by atoms with van der Waals surface area (Å²) in [4.78, 5) is 21.7. The van der Waals surface area contributed by atoms with Crippen LogP contribution in [0.4, 0.5) is 0 Å². The van der Waals surface area contributed by atoms with E-state index in [9.17, 15) is 19.8 Å². The van der Waals surface area contributed by atoms with Crippen molar-refractivity contribution < 1.29 is 30.0 Å². The minimum absolute atomic E-state index is 0.451. The third kappa shape index (κ3) is 2.18. The Labute approximate surface area is 90.4 Å². The van der Waals surface area contributed by atoms with Gasteiger partial charge in [0.1, 0.15) is 0 Å². The van der Waals surface area contributed by atoms with Crippen LogP contribution in [0.2, 0.25) is 0 Å². The van der Waals surface area contributed by atoms with E-state index in [1.165, 1.54) is 6.07 Å². The molecule has 16 heavy (non-hydrogen) atoms. The summed E-state index contributed by atoms with van der Waals surface area (Å²) >= 11 is 0. The average molecular weight is 226 g/mol. The van der Waals surface area contributed by atoms with Gasteiger partial charge in [0.15, 0.2) is 5.79 Å². The molecule has 0 aliphatic heterocycles. The Hall–Kier alpha value is -1.92. The van der Waals surface area contributed by atoms with Gasteiger partial charge in [-0.15, -0.1) is 0 Å². The number of aliphatic hydroxyl groups is 2. The molecule has 6 heteroatoms. The third-order valence-electron chi connectivity index (χ3n) is 2.00. The van der Waals surface area contributed by atoms with Crippen LogP contribution in [0, 0.1) is 0 Å². The molecule has 0 spiro atoms. The molecule has 0 radical (unpaired) electrons. The highest BCUT2D eigenvalue weighted by Gasteiger charge is 2.30. The first-order valence-corrected chi connectivity index (χ1v) is 4.30. The highest BCUT2D eigenvalue weighted by molar-refractivity contribution is 5.97. The lowest BCUT2D eigenvalue weighted by Gasteiger charge is -2.20. The molecular formula is C10H10O6. The van der Waals surface area contributed by atoms with Gasteiger partial charge in [-0.2, -0.15) is 0 Å². The summed E-state index contributed by atoms with van der Waals surface area (Å²) in [7, 11) is 0. The second kappa shape index (κ2) is 3.92. The van der Waals surface area contributed by atoms with E-state index in [0.717, 1.165) is 19.1 Å². The lowest BCUT2D eigenvalue weighted by Crippen LogP contribution is -2.27. The van der Waals surface area contributed by atoms with Crippen LogP contribution in [0.15, 0.2) is 18.2 Å². The molecule has 1 aromatic rings. The van der Waals surface area contributed by atoms with Gasteiger partial charge in [-0.25, -0.2) is 9.59 Å². The maximum atomic E-state index is 10.8. The predicted molar refractivity (Wildman–Crippen MR) is 52.2 cm³/mol. The number of carboxylic acids is 2. The number of aromatic carboxylic acids is 2. The molecule has 0 saturated carbocycles. The molecule has 0 unspecified atom stereocenters. The molecule has 0 atom stereocenters. The Morgan fingerprint density at radius 1 is 1.06 bits per heavy atom. The lowest BCUT2D eigenvalue weighted by atomic mass is 9.94. The highest BCUT2D eigenvalue weighted by atomic mass is 16.5. The van der Waals surface area contributed by atoms with Crippen LogP contribution >= 0.6 is 0 Å². The fourth-order valence-electron chi connectivity index (χ4n) is 1.42. The highest BCUT2D eigenvalue weighted by Crippen LogP contribution is 2.26. The molecule has 1 aromatic carbocycles. The molecule has 0 aliphatic carbocycles. The van der Waals surface area contributed by atoms with Crippen molar-refractivity contribution in [3.63, 3.8) is 0 Å². The number of carboxylic acid groups (broad SMARTS) is 2. The third-order valence-corrected chi connectivity index (χ3v) is 2.00. The summed E-state index contributed by atoms with van der Waals surface area (Å²) in [5.41, 5.74) is -1.44. The van der Waals surface area contributed by atoms with E-state index in [2.05, 4.69) is 0 Å². The standard InChI is InChI=1S/C10H10O6/c1-10(15,16)7-5(8(11)12)3-2-4-6(7)9(13)14/h2-4,15-16H,1H3,(H,11,12)(H,13,14). The van der Waals surface area contributed by atoms with Crippen LogP contribution in [-0.2, 0) is 5.79 Å². The summed E-state index contributed by atoms with van der Waals surface area (Å²) in [5.74, 6) is -5.37. The van der Waals surface area contributed by atoms with Gasteiger partial charge < -0.3 is 20.4 Å². The van der Waals surface area contributed by atoms with Crippen molar-refractivity contribution in [2.24, 2.45) is 0 Å². The summed E-state index contributed by atoms with van der Waals surface area (Å²) in [6, 6.07) is 3.44. The molecule has 0 saturated heterocycles. The fourth-order valence-corrected chi connectivity index (χ4v) is 1.42. The quantitative estimate of drug-likeness (QED) is 0.549. The Morgan fingerprint density at radius 2 is 1.44 bits per heavy atom. The van der Waals surface area contributed by atoms with Crippen LogP contribution in [0.25, 0.3) is 0 Å². The number of carbonyl (C=O) groups is 2. The van der Waals surface area contributed by atoms with Gasteiger partial charge in [0.25, 0.3) is 0 Å². The SMILES string of the molecule is CC(O)(O)c1c(C(=O)O)cccc1C(=O)O. The maximum absolute atomic E-state index is 10.8. The normalized spacial score (nSPS) is 11.2. The summed E-state index contributed by atoms with van der Waals surface area (Å²) < 4.78 is 0. The van der Waals surface area contributed by atoms with Crippen LogP contribution in [-0.4, -0.2) is 32.4 Å². The van der Waals surface area contributed by atoms with E-state index in [0.29, 0.717) is 0 Å². The smallest absolute Gasteiger partial charge is 0.336 e. The van der Waals surface area contributed by atoms with Gasteiger partial charge in [-0.1, -0.05) is 6.07 Å². The average Bonchev–Trinajstić information content (AvgIpc) is 2.15. The molecule has 0 aromatic heterocycles. The van der Waals surface area contributed by atoms with Crippen molar-refractivity contribution in [2.75, 3.05) is 0 Å². The first-order valence-electron chi connectivity index (χ1n) is 4.30. The van der Waals surface area contributed by atoms with Gasteiger partial charge in [-0.05, 0) is 19.1 Å². The Balaban J connectivity index is 3.60. The van der Waals surface area contributed by atoms with Gasteiger partial charge in [0.05, 0.1) is 11.1 Å². The van der Waals surface area contributed by atoms with Crippen LogP contribution in [0.3, 0.4) is 0 Å². The van der Waals surface area contributed by atoms with Crippen molar-refractivity contribution >= 4 is 11.9 Å². The first-order chi connectivity index (χ1) is 7.25. The summed E-state index contributed by atoms with van der Waals surface area (Å²) in [6.45, 7) is 0.904. The molecule has 86 valence electrons. The van der Waals surface area contributed by atoms with Crippen molar-refractivity contribution in [1.29, 1.82) is 0 Å². The lowest BCUT2D eigenvalue weighted by molar-refractivity contribution is -0.153. The number of benzene rings is 1. The van der Waals surface area contributed by atoms with Crippen LogP contribution < -0.4 is 0 Å². The zero-order valence-corrected chi connectivity index (χ0v) is 8.34. The number of hydrogen-bond donors (Lipinski definition) is 4. The van der Waals surface area contributed by atoms with Crippen LogP contribution in [0.1, 0.15) is 33.2 Å². The first kappa shape index (κ1) is 12.2. The molecule has 0 bridgehead atoms. The van der Waals surface area contributed by atoms with E-state index in [1.807, 2.05) is 0 Å². The molecule has 0 heterocycles. The second-order valence-corrected chi connectivity index (χ2v) is 3.36. The topological polar surface area (TPSA) is 115 Å². The Kier molecular flexibility index (Phi) is 2.97. The Bertz CT molecular complexity index is 411. The molecule has 1 rings (SSSR count). The van der Waals surface area contributed by atoms with Gasteiger partial charge in [0, 0.05) is 5.56 Å². The van der Waals surface area contributed by atoms with Crippen molar-refractivity contribution in [2.45, 2.75) is 12.7 Å². The predicted octanol–water partition coefficient (Wildman–Crippen LogP) is 0.240. The molecular weight excluding hydrogens is 216 g/mol. The monoisotopic (exact) mass is 226 g/mol. The van der Waals surface area contributed by atoms with E-state index < -0.39 is 34.4 Å². The summed E-state index contributed by atoms with van der Waals surface area (Å²) in [5, 5.41) is 36.4. The molecule has 0 aliphatic rings. The van der Waals surface area contributed by atoms with Crippen molar-refractivity contribution in [3.05, 3.63) is 34.9 Å².